The summed E-state index contributed by atoms with van der Waals surface area (Å²) in [4.78, 5) is 38.0. The normalized spacial score (nSPS) is 10.9. The first-order valence-electron chi connectivity index (χ1n) is 10.3. The van der Waals surface area contributed by atoms with Crippen molar-refractivity contribution in [1.82, 2.24) is 9.13 Å². The van der Waals surface area contributed by atoms with E-state index >= 15 is 0 Å². The molecule has 0 saturated heterocycles. The first kappa shape index (κ1) is 24.6. The van der Waals surface area contributed by atoms with Gasteiger partial charge in [0.2, 0.25) is 11.7 Å². The molecule has 2 aromatic rings. The summed E-state index contributed by atoms with van der Waals surface area (Å²) < 4.78 is 18.4. The molecule has 0 radical (unpaired) electrons. The van der Waals surface area contributed by atoms with Gasteiger partial charge in [-0.05, 0) is 31.1 Å². The molecule has 1 aromatic heterocycles. The topological polar surface area (TPSA) is 127 Å². The van der Waals surface area contributed by atoms with Crippen molar-refractivity contribution in [1.29, 1.82) is 0 Å². The second-order valence-electron chi connectivity index (χ2n) is 6.90. The second-order valence-corrected chi connectivity index (χ2v) is 6.90. The minimum atomic E-state index is -0.632. The summed E-state index contributed by atoms with van der Waals surface area (Å²) in [5, 5.41) is 2.52. The average molecular weight is 447 g/mol. The summed E-state index contributed by atoms with van der Waals surface area (Å²) >= 11 is 0. The predicted octanol–water partition coefficient (Wildman–Crippen LogP) is 2.09. The zero-order valence-electron chi connectivity index (χ0n) is 19.1. The van der Waals surface area contributed by atoms with Gasteiger partial charge in [0.05, 0.1) is 21.3 Å². The van der Waals surface area contributed by atoms with Crippen LogP contribution in [0.4, 0.5) is 11.5 Å². The van der Waals surface area contributed by atoms with Gasteiger partial charge in [-0.2, -0.15) is 0 Å². The molecule has 0 atom stereocenters. The molecule has 2 rings (SSSR count). The maximum Gasteiger partial charge on any atom is 0.332 e. The lowest BCUT2D eigenvalue weighted by molar-refractivity contribution is -0.111. The number of carbonyl (C=O) groups is 1. The van der Waals surface area contributed by atoms with Gasteiger partial charge in [-0.15, -0.1) is 0 Å². The molecule has 0 saturated carbocycles. The first-order valence-corrected chi connectivity index (χ1v) is 10.3. The Balaban J connectivity index is 2.43. The van der Waals surface area contributed by atoms with E-state index < -0.39 is 17.2 Å². The lowest BCUT2D eigenvalue weighted by Gasteiger charge is -2.16. The molecule has 0 aliphatic carbocycles. The molecule has 1 amide bonds. The monoisotopic (exact) mass is 446 g/mol. The highest BCUT2D eigenvalue weighted by molar-refractivity contribution is 6.03. The summed E-state index contributed by atoms with van der Waals surface area (Å²) in [5.74, 6) is 0.594. The van der Waals surface area contributed by atoms with Gasteiger partial charge in [-0.1, -0.05) is 13.8 Å². The highest BCUT2D eigenvalue weighted by Gasteiger charge is 2.18. The quantitative estimate of drug-likeness (QED) is 0.535. The third kappa shape index (κ3) is 4.96. The summed E-state index contributed by atoms with van der Waals surface area (Å²) in [6, 6.07) is 3.38. The Morgan fingerprint density at radius 1 is 1.00 bits per heavy atom. The number of nitrogens with zero attached hydrogens (tertiary/aromatic N) is 2. The van der Waals surface area contributed by atoms with Crippen molar-refractivity contribution in [2.45, 2.75) is 39.8 Å². The van der Waals surface area contributed by atoms with Gasteiger partial charge in [-0.25, -0.2) is 4.79 Å². The SMILES string of the molecule is CCCn1c(N)c(NC(=O)/C=C/c2ccc(OC)c(OC)c2OC)c(=O)n(CCC)c1=O. The third-order valence-electron chi connectivity index (χ3n) is 4.76. The number of carbonyl (C=O) groups excluding carboxylic acids is 1. The summed E-state index contributed by atoms with van der Waals surface area (Å²) in [5.41, 5.74) is 5.39. The van der Waals surface area contributed by atoms with E-state index in [0.717, 1.165) is 4.57 Å². The number of nitrogens with one attached hydrogen (secondary N) is 1. The fraction of sp³-hybridized carbons (Fsp3) is 0.409. The van der Waals surface area contributed by atoms with E-state index in [1.165, 1.54) is 38.0 Å². The van der Waals surface area contributed by atoms with Crippen LogP contribution >= 0.6 is 0 Å². The zero-order chi connectivity index (χ0) is 23.8. The average Bonchev–Trinajstić information content (AvgIpc) is 2.80. The van der Waals surface area contributed by atoms with Crippen molar-refractivity contribution in [2.24, 2.45) is 0 Å². The number of benzene rings is 1. The molecule has 0 aliphatic heterocycles. The van der Waals surface area contributed by atoms with E-state index in [4.69, 9.17) is 19.9 Å². The Kier molecular flexibility index (Phi) is 8.51. The van der Waals surface area contributed by atoms with Crippen molar-refractivity contribution in [3.05, 3.63) is 44.6 Å². The second kappa shape index (κ2) is 11.1. The van der Waals surface area contributed by atoms with Gasteiger partial charge in [-0.3, -0.25) is 18.7 Å². The van der Waals surface area contributed by atoms with Crippen LogP contribution in [0, 0.1) is 0 Å². The van der Waals surface area contributed by atoms with Gasteiger partial charge in [0.1, 0.15) is 11.5 Å². The van der Waals surface area contributed by atoms with Crippen LogP contribution < -0.4 is 36.5 Å². The van der Waals surface area contributed by atoms with Crippen molar-refractivity contribution in [3.63, 3.8) is 0 Å². The van der Waals surface area contributed by atoms with Gasteiger partial charge in [0, 0.05) is 24.7 Å². The van der Waals surface area contributed by atoms with Gasteiger partial charge < -0.3 is 25.3 Å². The Morgan fingerprint density at radius 3 is 2.19 bits per heavy atom. The molecule has 1 heterocycles. The van der Waals surface area contributed by atoms with Crippen LogP contribution in [-0.4, -0.2) is 36.4 Å². The minimum absolute atomic E-state index is 0.0698. The number of anilines is 2. The van der Waals surface area contributed by atoms with Crippen LogP contribution in [0.15, 0.2) is 27.8 Å². The van der Waals surface area contributed by atoms with E-state index in [9.17, 15) is 14.4 Å². The molecule has 0 spiro atoms. The third-order valence-corrected chi connectivity index (χ3v) is 4.76. The van der Waals surface area contributed by atoms with E-state index in [2.05, 4.69) is 5.32 Å². The number of aromatic nitrogens is 2. The summed E-state index contributed by atoms with van der Waals surface area (Å²) in [6.07, 6.45) is 3.97. The number of nitrogens with two attached hydrogens (primary N) is 1. The van der Waals surface area contributed by atoms with Crippen LogP contribution in [-0.2, 0) is 17.9 Å². The van der Waals surface area contributed by atoms with Crippen molar-refractivity contribution < 1.29 is 19.0 Å². The molecular weight excluding hydrogens is 416 g/mol. The molecule has 32 heavy (non-hydrogen) atoms. The lowest BCUT2D eigenvalue weighted by atomic mass is 10.1. The molecule has 0 aliphatic rings. The lowest BCUT2D eigenvalue weighted by Crippen LogP contribution is -2.42. The van der Waals surface area contributed by atoms with Crippen LogP contribution in [0.3, 0.4) is 0 Å². The molecule has 10 heteroatoms. The summed E-state index contributed by atoms with van der Waals surface area (Å²) in [7, 11) is 4.46. The number of nitrogen functional groups attached to an aromatic ring is 1. The fourth-order valence-electron chi connectivity index (χ4n) is 3.28. The van der Waals surface area contributed by atoms with E-state index in [1.54, 1.807) is 12.1 Å². The number of methoxy groups -OCH3 is 3. The number of rotatable bonds is 10. The number of hydrogen-bond acceptors (Lipinski definition) is 7. The van der Waals surface area contributed by atoms with Crippen molar-refractivity contribution in [2.75, 3.05) is 32.4 Å². The highest BCUT2D eigenvalue weighted by atomic mass is 16.5. The molecule has 0 fully saturated rings. The number of amides is 1. The predicted molar refractivity (Wildman–Crippen MR) is 124 cm³/mol. The number of hydrogen-bond donors (Lipinski definition) is 2. The van der Waals surface area contributed by atoms with Crippen molar-refractivity contribution in [3.8, 4) is 17.2 Å². The maximum absolute atomic E-state index is 12.8. The molecule has 0 bridgehead atoms. The van der Waals surface area contributed by atoms with Gasteiger partial charge in [0.25, 0.3) is 5.56 Å². The molecule has 174 valence electrons. The Morgan fingerprint density at radius 2 is 1.62 bits per heavy atom. The molecular formula is C22H30N4O6. The molecule has 3 N–H and O–H groups in total. The van der Waals surface area contributed by atoms with Crippen LogP contribution in [0.5, 0.6) is 17.2 Å². The van der Waals surface area contributed by atoms with Crippen molar-refractivity contribution >= 4 is 23.5 Å². The van der Waals surface area contributed by atoms with Crippen LogP contribution in [0.25, 0.3) is 6.08 Å². The molecule has 1 aromatic carbocycles. The molecule has 0 unspecified atom stereocenters. The standard InChI is InChI=1S/C22H30N4O6/c1-6-12-25-20(23)17(21(28)26(13-7-2)22(25)29)24-16(27)11-9-14-8-10-15(30-3)19(32-5)18(14)31-4/h8-11H,6-7,12-13,23H2,1-5H3,(H,24,27)/b11-9+. The molecule has 10 nitrogen and oxygen atoms in total. The Labute approximate surface area is 186 Å². The van der Waals surface area contributed by atoms with Crippen LogP contribution in [0.2, 0.25) is 0 Å². The number of ether oxygens (including phenoxy) is 3. The Bertz CT molecular complexity index is 1120. The van der Waals surface area contributed by atoms with Gasteiger partial charge >= 0.3 is 5.69 Å². The summed E-state index contributed by atoms with van der Waals surface area (Å²) in [6.45, 7) is 4.29. The Hall–Kier alpha value is -3.69. The highest BCUT2D eigenvalue weighted by Crippen LogP contribution is 2.40. The zero-order valence-corrected chi connectivity index (χ0v) is 19.1. The van der Waals surface area contributed by atoms with Crippen LogP contribution in [0.1, 0.15) is 32.3 Å². The van der Waals surface area contributed by atoms with E-state index in [0.29, 0.717) is 42.2 Å². The fourth-order valence-corrected chi connectivity index (χ4v) is 3.28. The van der Waals surface area contributed by atoms with E-state index in [1.807, 2.05) is 13.8 Å². The van der Waals surface area contributed by atoms with E-state index in [-0.39, 0.29) is 18.1 Å². The maximum atomic E-state index is 12.8. The van der Waals surface area contributed by atoms with Gasteiger partial charge in [0.15, 0.2) is 11.5 Å². The largest absolute Gasteiger partial charge is 0.493 e. The minimum Gasteiger partial charge on any atom is -0.493 e. The smallest absolute Gasteiger partial charge is 0.332 e. The first-order chi connectivity index (χ1) is 15.3.